The van der Waals surface area contributed by atoms with Crippen molar-refractivity contribution in [1.29, 1.82) is 0 Å². The van der Waals surface area contributed by atoms with E-state index in [4.69, 9.17) is 10.2 Å². The van der Waals surface area contributed by atoms with Gasteiger partial charge in [0.2, 0.25) is 0 Å². The zero-order valence-corrected chi connectivity index (χ0v) is 9.47. The Labute approximate surface area is 106 Å². The molecule has 0 aliphatic heterocycles. The molecule has 0 spiro atoms. The fraction of sp³-hybridized carbons (Fsp3) is 0. The Hall–Kier alpha value is -2.12. The first kappa shape index (κ1) is 14.9. The standard InChI is InChI=1S/2C4H4N2O2.Mn/c2*7-4(8)3-1-5-6-2-3;/h2*1-2H,(H,5,6)(H,7,8);. The molecule has 0 bridgehead atoms. The summed E-state index contributed by atoms with van der Waals surface area (Å²) in [6, 6.07) is 0. The summed E-state index contributed by atoms with van der Waals surface area (Å²) in [6.07, 6.45) is 5.15. The van der Waals surface area contributed by atoms with Gasteiger partial charge in [-0.05, 0) is 0 Å². The largest absolute Gasteiger partial charge is 0.478 e. The molecule has 0 atom stereocenters. The van der Waals surface area contributed by atoms with E-state index in [1.54, 1.807) is 0 Å². The number of aromatic carboxylic acids is 2. The third-order valence-corrected chi connectivity index (χ3v) is 1.49. The van der Waals surface area contributed by atoms with Crippen LogP contribution < -0.4 is 0 Å². The fourth-order valence-electron chi connectivity index (χ4n) is 0.736. The number of aromatic amines is 2. The zero-order chi connectivity index (χ0) is 12.0. The molecule has 0 fully saturated rings. The van der Waals surface area contributed by atoms with Crippen LogP contribution in [0, 0.1) is 0 Å². The number of carbonyl (C=O) groups is 2. The van der Waals surface area contributed by atoms with E-state index in [1.165, 1.54) is 24.8 Å². The molecule has 1 radical (unpaired) electrons. The van der Waals surface area contributed by atoms with Crippen LogP contribution in [0.1, 0.15) is 20.7 Å². The molecular formula is C8H8MnN4O4. The topological polar surface area (TPSA) is 132 Å². The molecular weight excluding hydrogens is 271 g/mol. The molecule has 17 heavy (non-hydrogen) atoms. The third kappa shape index (κ3) is 4.96. The van der Waals surface area contributed by atoms with Gasteiger partial charge in [-0.25, -0.2) is 9.59 Å². The van der Waals surface area contributed by atoms with Gasteiger partial charge in [0.1, 0.15) is 0 Å². The monoisotopic (exact) mass is 279 g/mol. The summed E-state index contributed by atoms with van der Waals surface area (Å²) in [5, 5.41) is 28.1. The SMILES string of the molecule is O=C(O)c1cn[nH]c1.O=C(O)c1cn[nH]c1.[Mn]. The van der Waals surface area contributed by atoms with E-state index in [0.29, 0.717) is 0 Å². The van der Waals surface area contributed by atoms with Crippen molar-refractivity contribution in [2.24, 2.45) is 0 Å². The van der Waals surface area contributed by atoms with Crippen LogP contribution >= 0.6 is 0 Å². The number of hydrogen-bond donors (Lipinski definition) is 4. The molecule has 91 valence electrons. The van der Waals surface area contributed by atoms with E-state index >= 15 is 0 Å². The molecule has 0 aliphatic rings. The van der Waals surface area contributed by atoms with Crippen LogP contribution in [0.2, 0.25) is 0 Å². The number of rotatable bonds is 2. The summed E-state index contributed by atoms with van der Waals surface area (Å²) in [5.41, 5.74) is 0.370. The number of nitrogens with zero attached hydrogens (tertiary/aromatic N) is 2. The van der Waals surface area contributed by atoms with Crippen LogP contribution in [0.4, 0.5) is 0 Å². The normalized spacial score (nSPS) is 8.47. The second-order valence-electron chi connectivity index (χ2n) is 2.58. The summed E-state index contributed by atoms with van der Waals surface area (Å²) in [6.45, 7) is 0. The molecule has 0 saturated carbocycles. The van der Waals surface area contributed by atoms with Gasteiger partial charge in [0.25, 0.3) is 0 Å². The van der Waals surface area contributed by atoms with Gasteiger partial charge in [-0.1, -0.05) is 0 Å². The minimum Gasteiger partial charge on any atom is -0.478 e. The molecule has 2 heterocycles. The van der Waals surface area contributed by atoms with E-state index < -0.39 is 11.9 Å². The van der Waals surface area contributed by atoms with Gasteiger partial charge in [0, 0.05) is 29.5 Å². The predicted octanol–water partition coefficient (Wildman–Crippen LogP) is 0.213. The maximum atomic E-state index is 10.0. The van der Waals surface area contributed by atoms with Crippen LogP contribution in [0.5, 0.6) is 0 Å². The van der Waals surface area contributed by atoms with Crippen molar-refractivity contribution in [2.45, 2.75) is 0 Å². The van der Waals surface area contributed by atoms with Gasteiger partial charge in [-0.2, -0.15) is 10.2 Å². The van der Waals surface area contributed by atoms with Crippen molar-refractivity contribution in [3.05, 3.63) is 35.9 Å². The maximum Gasteiger partial charge on any atom is 0.338 e. The van der Waals surface area contributed by atoms with Crippen LogP contribution in [0.25, 0.3) is 0 Å². The van der Waals surface area contributed by atoms with Crippen molar-refractivity contribution >= 4 is 11.9 Å². The molecule has 2 rings (SSSR count). The van der Waals surface area contributed by atoms with E-state index in [9.17, 15) is 9.59 Å². The van der Waals surface area contributed by atoms with Gasteiger partial charge < -0.3 is 10.2 Å². The van der Waals surface area contributed by atoms with Gasteiger partial charge in [-0.3, -0.25) is 10.2 Å². The van der Waals surface area contributed by atoms with Crippen molar-refractivity contribution < 1.29 is 36.9 Å². The van der Waals surface area contributed by atoms with Gasteiger partial charge in [0.05, 0.1) is 23.5 Å². The van der Waals surface area contributed by atoms with Crippen molar-refractivity contribution in [1.82, 2.24) is 20.4 Å². The third-order valence-electron chi connectivity index (χ3n) is 1.49. The molecule has 0 amide bonds. The molecule has 4 N–H and O–H groups in total. The van der Waals surface area contributed by atoms with E-state index in [2.05, 4.69) is 20.4 Å². The second-order valence-corrected chi connectivity index (χ2v) is 2.58. The van der Waals surface area contributed by atoms with E-state index in [0.717, 1.165) is 0 Å². The summed E-state index contributed by atoms with van der Waals surface area (Å²) < 4.78 is 0. The first-order valence-corrected chi connectivity index (χ1v) is 4.05. The Morgan fingerprint density at radius 3 is 1.41 bits per heavy atom. The number of hydrogen-bond acceptors (Lipinski definition) is 4. The summed E-state index contributed by atoms with van der Waals surface area (Å²) in [7, 11) is 0. The predicted molar refractivity (Wildman–Crippen MR) is 51.1 cm³/mol. The average molecular weight is 279 g/mol. The molecule has 8 nitrogen and oxygen atoms in total. The van der Waals surface area contributed by atoms with Gasteiger partial charge in [0.15, 0.2) is 0 Å². The minimum atomic E-state index is -0.959. The second kappa shape index (κ2) is 7.20. The summed E-state index contributed by atoms with van der Waals surface area (Å²) in [5.74, 6) is -1.92. The Morgan fingerprint density at radius 1 is 0.941 bits per heavy atom. The Bertz CT molecular complexity index is 410. The molecule has 2 aromatic heterocycles. The number of aromatic nitrogens is 4. The number of nitrogens with one attached hydrogen (secondary N) is 2. The molecule has 0 unspecified atom stereocenters. The van der Waals surface area contributed by atoms with Gasteiger partial charge >= 0.3 is 11.9 Å². The van der Waals surface area contributed by atoms with Crippen LogP contribution in [0.3, 0.4) is 0 Å². The molecule has 9 heteroatoms. The first-order chi connectivity index (χ1) is 7.61. The van der Waals surface area contributed by atoms with Crippen molar-refractivity contribution in [3.8, 4) is 0 Å². The van der Waals surface area contributed by atoms with E-state index in [1.807, 2.05) is 0 Å². The number of carboxylic acids is 2. The quantitative estimate of drug-likeness (QED) is 0.581. The van der Waals surface area contributed by atoms with Gasteiger partial charge in [-0.15, -0.1) is 0 Å². The molecule has 0 aromatic carbocycles. The first-order valence-electron chi connectivity index (χ1n) is 4.05. The van der Waals surface area contributed by atoms with Crippen LogP contribution in [0.15, 0.2) is 24.8 Å². The van der Waals surface area contributed by atoms with Crippen LogP contribution in [-0.4, -0.2) is 42.5 Å². The molecule has 2 aromatic rings. The smallest absolute Gasteiger partial charge is 0.338 e. The summed E-state index contributed by atoms with van der Waals surface area (Å²) in [4.78, 5) is 20.0. The van der Waals surface area contributed by atoms with Crippen LogP contribution in [-0.2, 0) is 17.1 Å². The summed E-state index contributed by atoms with van der Waals surface area (Å²) >= 11 is 0. The molecule has 0 aliphatic carbocycles. The Balaban J connectivity index is 0.000000284. The fourth-order valence-corrected chi connectivity index (χ4v) is 0.736. The average Bonchev–Trinajstić information content (AvgIpc) is 2.93. The van der Waals surface area contributed by atoms with E-state index in [-0.39, 0.29) is 28.2 Å². The van der Waals surface area contributed by atoms with Crippen molar-refractivity contribution in [3.63, 3.8) is 0 Å². The number of H-pyrrole nitrogens is 2. The number of carboxylic acid groups (broad SMARTS) is 2. The Kier molecular flexibility index (Phi) is 6.30. The Morgan fingerprint density at radius 2 is 1.29 bits per heavy atom. The van der Waals surface area contributed by atoms with Crippen molar-refractivity contribution in [2.75, 3.05) is 0 Å². The zero-order valence-electron chi connectivity index (χ0n) is 8.29. The maximum absolute atomic E-state index is 10.0. The molecule has 0 saturated heterocycles. The minimum absolute atomic E-state index is 0.